The predicted octanol–water partition coefficient (Wildman–Crippen LogP) is 1.83. The minimum Gasteiger partial charge on any atom is -0.481 e. The number of ether oxygens (including phenoxy) is 1. The van der Waals surface area contributed by atoms with E-state index in [0.717, 1.165) is 12.8 Å². The van der Waals surface area contributed by atoms with E-state index in [2.05, 4.69) is 0 Å². The summed E-state index contributed by atoms with van der Waals surface area (Å²) in [4.78, 5) is 22.0. The third-order valence-electron chi connectivity index (χ3n) is 1.78. The van der Waals surface area contributed by atoms with Crippen LogP contribution in [0.5, 0.6) is 0 Å². The Kier molecular flexibility index (Phi) is 5.92. The summed E-state index contributed by atoms with van der Waals surface area (Å²) in [5, 5.41) is 8.78. The number of aliphatic carboxylic acids is 1. The van der Waals surface area contributed by atoms with Gasteiger partial charge in [-0.2, -0.15) is 0 Å². The van der Waals surface area contributed by atoms with Crippen molar-refractivity contribution in [3.63, 3.8) is 0 Å². The van der Waals surface area contributed by atoms with Crippen molar-refractivity contribution in [3.05, 3.63) is 0 Å². The summed E-state index contributed by atoms with van der Waals surface area (Å²) in [7, 11) is 0. The van der Waals surface area contributed by atoms with E-state index in [4.69, 9.17) is 9.84 Å². The SMILES string of the molecule is CCCCC(C(=O)O)C(=O)OC(C)C. The van der Waals surface area contributed by atoms with Gasteiger partial charge >= 0.3 is 11.9 Å². The molecule has 0 fully saturated rings. The van der Waals surface area contributed by atoms with Gasteiger partial charge in [0.2, 0.25) is 0 Å². The van der Waals surface area contributed by atoms with Crippen molar-refractivity contribution in [2.45, 2.75) is 46.1 Å². The molecule has 0 aromatic carbocycles. The Bertz CT molecular complexity index is 198. The molecule has 0 spiro atoms. The van der Waals surface area contributed by atoms with Crippen LogP contribution in [0, 0.1) is 5.92 Å². The van der Waals surface area contributed by atoms with Crippen molar-refractivity contribution in [1.29, 1.82) is 0 Å². The molecule has 0 aromatic heterocycles. The minimum atomic E-state index is -1.09. The first-order valence-corrected chi connectivity index (χ1v) is 4.92. The number of hydrogen-bond acceptors (Lipinski definition) is 3. The minimum absolute atomic E-state index is 0.258. The van der Waals surface area contributed by atoms with Crippen molar-refractivity contribution < 1.29 is 19.4 Å². The highest BCUT2D eigenvalue weighted by molar-refractivity contribution is 5.93. The van der Waals surface area contributed by atoms with Crippen LogP contribution in [0.1, 0.15) is 40.0 Å². The van der Waals surface area contributed by atoms with Gasteiger partial charge in [0.15, 0.2) is 5.92 Å². The Hall–Kier alpha value is -1.06. The normalized spacial score (nSPS) is 12.6. The van der Waals surface area contributed by atoms with Crippen LogP contribution in [0.25, 0.3) is 0 Å². The second-order valence-electron chi connectivity index (χ2n) is 3.52. The van der Waals surface area contributed by atoms with Gasteiger partial charge in [-0.1, -0.05) is 19.8 Å². The average molecular weight is 202 g/mol. The Morgan fingerprint density at radius 3 is 2.29 bits per heavy atom. The standard InChI is InChI=1S/C10H18O4/c1-4-5-6-8(9(11)12)10(13)14-7(2)3/h7-8H,4-6H2,1-3H3,(H,11,12). The van der Waals surface area contributed by atoms with Crippen molar-refractivity contribution >= 4 is 11.9 Å². The summed E-state index contributed by atoms with van der Waals surface area (Å²) >= 11 is 0. The van der Waals surface area contributed by atoms with Crippen LogP contribution in [0.2, 0.25) is 0 Å². The van der Waals surface area contributed by atoms with Crippen LogP contribution in [0.4, 0.5) is 0 Å². The lowest BCUT2D eigenvalue weighted by molar-refractivity contribution is -0.161. The molecule has 0 bridgehead atoms. The lowest BCUT2D eigenvalue weighted by atomic mass is 10.0. The summed E-state index contributed by atoms with van der Waals surface area (Å²) in [5.74, 6) is -2.72. The Balaban J connectivity index is 4.19. The molecule has 0 radical (unpaired) electrons. The third kappa shape index (κ3) is 4.84. The van der Waals surface area contributed by atoms with E-state index in [1.54, 1.807) is 13.8 Å². The zero-order valence-corrected chi connectivity index (χ0v) is 8.95. The van der Waals surface area contributed by atoms with Crippen molar-refractivity contribution in [3.8, 4) is 0 Å². The van der Waals surface area contributed by atoms with Gasteiger partial charge in [0, 0.05) is 0 Å². The van der Waals surface area contributed by atoms with Gasteiger partial charge in [0.05, 0.1) is 6.10 Å². The summed E-state index contributed by atoms with van der Waals surface area (Å²) in [6.45, 7) is 5.36. The first-order chi connectivity index (χ1) is 6.49. The van der Waals surface area contributed by atoms with Crippen molar-refractivity contribution in [2.24, 2.45) is 5.92 Å². The van der Waals surface area contributed by atoms with Crippen LogP contribution in [0.15, 0.2) is 0 Å². The number of hydrogen-bond donors (Lipinski definition) is 1. The van der Waals surface area contributed by atoms with Gasteiger partial charge in [0.1, 0.15) is 0 Å². The summed E-state index contributed by atoms with van der Waals surface area (Å²) < 4.78 is 4.85. The zero-order valence-electron chi connectivity index (χ0n) is 8.95. The number of esters is 1. The molecule has 0 rings (SSSR count). The Labute approximate surface area is 84.3 Å². The van der Waals surface area contributed by atoms with Crippen LogP contribution in [-0.4, -0.2) is 23.1 Å². The number of carbonyl (C=O) groups is 2. The maximum absolute atomic E-state index is 11.3. The summed E-state index contributed by atoms with van der Waals surface area (Å²) in [6, 6.07) is 0. The van der Waals surface area contributed by atoms with Crippen LogP contribution in [0.3, 0.4) is 0 Å². The quantitative estimate of drug-likeness (QED) is 0.527. The Morgan fingerprint density at radius 2 is 1.93 bits per heavy atom. The number of carbonyl (C=O) groups excluding carboxylic acids is 1. The van der Waals surface area contributed by atoms with Crippen LogP contribution < -0.4 is 0 Å². The first kappa shape index (κ1) is 12.9. The zero-order chi connectivity index (χ0) is 11.1. The second kappa shape index (κ2) is 6.40. The maximum atomic E-state index is 11.3. The van der Waals surface area contributed by atoms with Gasteiger partial charge in [-0.3, -0.25) is 9.59 Å². The molecule has 0 saturated carbocycles. The fourth-order valence-electron chi connectivity index (χ4n) is 1.06. The summed E-state index contributed by atoms with van der Waals surface area (Å²) in [6.07, 6.45) is 1.70. The predicted molar refractivity (Wildman–Crippen MR) is 51.9 cm³/mol. The van der Waals surface area contributed by atoms with Gasteiger partial charge in [-0.15, -0.1) is 0 Å². The number of unbranched alkanes of at least 4 members (excludes halogenated alkanes) is 1. The lowest BCUT2D eigenvalue weighted by Gasteiger charge is -2.13. The first-order valence-electron chi connectivity index (χ1n) is 4.92. The molecule has 4 nitrogen and oxygen atoms in total. The third-order valence-corrected chi connectivity index (χ3v) is 1.78. The van der Waals surface area contributed by atoms with E-state index >= 15 is 0 Å². The number of carboxylic acids is 1. The van der Waals surface area contributed by atoms with Crippen LogP contribution in [-0.2, 0) is 14.3 Å². The molecule has 0 aliphatic carbocycles. The van der Waals surface area contributed by atoms with E-state index in [0.29, 0.717) is 6.42 Å². The van der Waals surface area contributed by atoms with E-state index < -0.39 is 17.9 Å². The van der Waals surface area contributed by atoms with Crippen molar-refractivity contribution in [1.82, 2.24) is 0 Å². The molecular formula is C10H18O4. The fourth-order valence-corrected chi connectivity index (χ4v) is 1.06. The largest absolute Gasteiger partial charge is 0.481 e. The van der Waals surface area contributed by atoms with E-state index in [1.807, 2.05) is 6.92 Å². The van der Waals surface area contributed by atoms with Gasteiger partial charge in [-0.25, -0.2) is 0 Å². The van der Waals surface area contributed by atoms with E-state index in [9.17, 15) is 9.59 Å². The molecule has 1 N–H and O–H groups in total. The van der Waals surface area contributed by atoms with Gasteiger partial charge in [0.25, 0.3) is 0 Å². The molecule has 0 aromatic rings. The highest BCUT2D eigenvalue weighted by Crippen LogP contribution is 2.12. The molecule has 82 valence electrons. The maximum Gasteiger partial charge on any atom is 0.320 e. The molecule has 0 amide bonds. The monoisotopic (exact) mass is 202 g/mol. The lowest BCUT2D eigenvalue weighted by Crippen LogP contribution is -2.27. The molecule has 14 heavy (non-hydrogen) atoms. The van der Waals surface area contributed by atoms with E-state index in [-0.39, 0.29) is 6.10 Å². The van der Waals surface area contributed by atoms with Crippen LogP contribution >= 0.6 is 0 Å². The van der Waals surface area contributed by atoms with E-state index in [1.165, 1.54) is 0 Å². The van der Waals surface area contributed by atoms with Gasteiger partial charge < -0.3 is 9.84 Å². The molecule has 0 saturated heterocycles. The molecular weight excluding hydrogens is 184 g/mol. The molecule has 4 heteroatoms. The number of carboxylic acid groups (broad SMARTS) is 1. The molecule has 1 unspecified atom stereocenters. The molecule has 1 atom stereocenters. The Morgan fingerprint density at radius 1 is 1.36 bits per heavy atom. The fraction of sp³-hybridized carbons (Fsp3) is 0.800. The second-order valence-corrected chi connectivity index (χ2v) is 3.52. The topological polar surface area (TPSA) is 63.6 Å². The summed E-state index contributed by atoms with van der Waals surface area (Å²) in [5.41, 5.74) is 0. The molecule has 0 aliphatic rings. The molecule has 0 heterocycles. The smallest absolute Gasteiger partial charge is 0.320 e. The highest BCUT2D eigenvalue weighted by atomic mass is 16.5. The molecule has 0 aliphatic heterocycles. The highest BCUT2D eigenvalue weighted by Gasteiger charge is 2.27. The average Bonchev–Trinajstić information content (AvgIpc) is 2.02. The van der Waals surface area contributed by atoms with Crippen molar-refractivity contribution in [2.75, 3.05) is 0 Å². The van der Waals surface area contributed by atoms with Gasteiger partial charge in [-0.05, 0) is 20.3 Å². The number of rotatable bonds is 6.